The Balaban J connectivity index is 1.68. The van der Waals surface area contributed by atoms with Gasteiger partial charge in [0.2, 0.25) is 0 Å². The molecule has 1 aromatic heterocycles. The molecular formula is C20H16ClNO6. The molecule has 144 valence electrons. The van der Waals surface area contributed by atoms with E-state index < -0.39 is 17.5 Å². The fraction of sp³-hybridized carbons (Fsp3) is 0.150. The number of hydrogen-bond donors (Lipinski definition) is 1. The highest BCUT2D eigenvalue weighted by Crippen LogP contribution is 2.31. The topological polar surface area (TPSA) is 94.8 Å². The quantitative estimate of drug-likeness (QED) is 0.519. The molecule has 0 aliphatic heterocycles. The number of amides is 1. The van der Waals surface area contributed by atoms with Crippen LogP contribution in [0, 0.1) is 6.92 Å². The molecule has 0 atom stereocenters. The molecule has 0 unspecified atom stereocenters. The van der Waals surface area contributed by atoms with Crippen molar-refractivity contribution in [3.63, 3.8) is 0 Å². The van der Waals surface area contributed by atoms with Crippen LogP contribution in [0.5, 0.6) is 5.75 Å². The molecule has 3 rings (SSSR count). The first-order chi connectivity index (χ1) is 13.4. The number of anilines is 1. The van der Waals surface area contributed by atoms with Gasteiger partial charge in [-0.3, -0.25) is 4.79 Å². The van der Waals surface area contributed by atoms with Crippen LogP contribution < -0.4 is 15.7 Å². The Hall–Kier alpha value is -3.32. The van der Waals surface area contributed by atoms with Crippen molar-refractivity contribution in [1.29, 1.82) is 0 Å². The molecule has 0 radical (unpaired) electrons. The summed E-state index contributed by atoms with van der Waals surface area (Å²) < 4.78 is 15.2. The van der Waals surface area contributed by atoms with Crippen molar-refractivity contribution in [1.82, 2.24) is 0 Å². The van der Waals surface area contributed by atoms with Crippen LogP contribution >= 0.6 is 11.6 Å². The SMILES string of the molecule is COC(=O)c1ccc(NC(=O)COc2cc3oc(=O)cc(C)c3cc2Cl)cc1. The number of rotatable bonds is 5. The van der Waals surface area contributed by atoms with E-state index in [1.807, 2.05) is 0 Å². The van der Waals surface area contributed by atoms with Gasteiger partial charge in [-0.05, 0) is 42.8 Å². The van der Waals surface area contributed by atoms with Gasteiger partial charge >= 0.3 is 11.6 Å². The molecule has 1 amide bonds. The molecule has 2 aromatic carbocycles. The molecule has 7 nitrogen and oxygen atoms in total. The third-order valence-electron chi connectivity index (χ3n) is 3.95. The number of aryl methyl sites for hydroxylation is 1. The summed E-state index contributed by atoms with van der Waals surface area (Å²) in [6.45, 7) is 1.47. The van der Waals surface area contributed by atoms with Crippen LogP contribution in [0.3, 0.4) is 0 Å². The molecule has 3 aromatic rings. The van der Waals surface area contributed by atoms with Crippen LogP contribution in [0.25, 0.3) is 11.0 Å². The Morgan fingerprint density at radius 1 is 1.14 bits per heavy atom. The minimum Gasteiger partial charge on any atom is -0.482 e. The van der Waals surface area contributed by atoms with Gasteiger partial charge in [-0.2, -0.15) is 0 Å². The lowest BCUT2D eigenvalue weighted by Crippen LogP contribution is -2.20. The van der Waals surface area contributed by atoms with Crippen LogP contribution in [0.2, 0.25) is 5.02 Å². The van der Waals surface area contributed by atoms with E-state index in [9.17, 15) is 14.4 Å². The van der Waals surface area contributed by atoms with E-state index in [0.717, 1.165) is 5.56 Å². The Labute approximate surface area is 164 Å². The minimum absolute atomic E-state index is 0.221. The summed E-state index contributed by atoms with van der Waals surface area (Å²) in [6, 6.07) is 10.7. The van der Waals surface area contributed by atoms with E-state index >= 15 is 0 Å². The van der Waals surface area contributed by atoms with Gasteiger partial charge in [0.15, 0.2) is 6.61 Å². The highest BCUT2D eigenvalue weighted by molar-refractivity contribution is 6.32. The van der Waals surface area contributed by atoms with Crippen LogP contribution in [0.4, 0.5) is 5.69 Å². The Kier molecular flexibility index (Phi) is 5.65. The molecule has 0 saturated heterocycles. The second-order valence-electron chi connectivity index (χ2n) is 5.93. The summed E-state index contributed by atoms with van der Waals surface area (Å²) >= 11 is 6.20. The number of fused-ring (bicyclic) bond motifs is 1. The van der Waals surface area contributed by atoms with Crippen molar-refractivity contribution < 1.29 is 23.5 Å². The van der Waals surface area contributed by atoms with E-state index in [1.165, 1.54) is 31.4 Å². The Morgan fingerprint density at radius 2 is 1.86 bits per heavy atom. The van der Waals surface area contributed by atoms with Crippen molar-refractivity contribution in [2.24, 2.45) is 0 Å². The summed E-state index contributed by atoms with van der Waals surface area (Å²) in [4.78, 5) is 35.0. The maximum Gasteiger partial charge on any atom is 0.337 e. The summed E-state index contributed by atoms with van der Waals surface area (Å²) in [5.41, 5.74) is 1.44. The molecule has 0 bridgehead atoms. The lowest BCUT2D eigenvalue weighted by Gasteiger charge is -2.10. The lowest BCUT2D eigenvalue weighted by atomic mass is 10.1. The van der Waals surface area contributed by atoms with Gasteiger partial charge in [0.1, 0.15) is 11.3 Å². The van der Waals surface area contributed by atoms with Gasteiger partial charge in [0, 0.05) is 23.2 Å². The maximum atomic E-state index is 12.1. The maximum absolute atomic E-state index is 12.1. The second-order valence-corrected chi connectivity index (χ2v) is 6.34. The van der Waals surface area contributed by atoms with Crippen molar-refractivity contribution >= 4 is 40.1 Å². The zero-order valence-corrected chi connectivity index (χ0v) is 15.8. The van der Waals surface area contributed by atoms with Gasteiger partial charge in [-0.15, -0.1) is 0 Å². The number of ether oxygens (including phenoxy) is 2. The molecule has 0 fully saturated rings. The van der Waals surface area contributed by atoms with Gasteiger partial charge in [0.25, 0.3) is 5.91 Å². The standard InChI is InChI=1S/C20H16ClNO6/c1-11-7-19(24)28-16-9-17(15(21)8-14(11)16)27-10-18(23)22-13-5-3-12(4-6-13)20(25)26-2/h3-9H,10H2,1-2H3,(H,22,23). The molecule has 0 saturated carbocycles. The molecule has 28 heavy (non-hydrogen) atoms. The van der Waals surface area contributed by atoms with Crippen molar-refractivity contribution in [3.05, 3.63) is 69.0 Å². The number of hydrogen-bond acceptors (Lipinski definition) is 6. The summed E-state index contributed by atoms with van der Waals surface area (Å²) in [6.07, 6.45) is 0. The Bertz CT molecular complexity index is 1100. The zero-order valence-electron chi connectivity index (χ0n) is 15.1. The molecule has 0 aliphatic rings. The predicted octanol–water partition coefficient (Wildman–Crippen LogP) is 3.56. The van der Waals surface area contributed by atoms with Gasteiger partial charge < -0.3 is 19.2 Å². The van der Waals surface area contributed by atoms with Crippen LogP contribution in [-0.4, -0.2) is 25.6 Å². The predicted molar refractivity (Wildman–Crippen MR) is 104 cm³/mol. The average molecular weight is 402 g/mol. The number of benzene rings is 2. The molecule has 0 aliphatic carbocycles. The summed E-state index contributed by atoms with van der Waals surface area (Å²) in [5.74, 6) is -0.666. The molecule has 0 spiro atoms. The first-order valence-corrected chi connectivity index (χ1v) is 8.60. The van der Waals surface area contributed by atoms with Crippen molar-refractivity contribution in [2.45, 2.75) is 6.92 Å². The van der Waals surface area contributed by atoms with Crippen molar-refractivity contribution in [2.75, 3.05) is 19.0 Å². The third kappa shape index (κ3) is 4.32. The normalized spacial score (nSPS) is 10.5. The van der Waals surface area contributed by atoms with Crippen LogP contribution in [-0.2, 0) is 9.53 Å². The molecule has 8 heteroatoms. The number of halogens is 1. The first-order valence-electron chi connectivity index (χ1n) is 8.22. The molecular weight excluding hydrogens is 386 g/mol. The number of carbonyl (C=O) groups excluding carboxylic acids is 2. The van der Waals surface area contributed by atoms with Crippen LogP contribution in [0.15, 0.2) is 51.7 Å². The average Bonchev–Trinajstić information content (AvgIpc) is 2.67. The Morgan fingerprint density at radius 3 is 2.54 bits per heavy atom. The van der Waals surface area contributed by atoms with Crippen LogP contribution in [0.1, 0.15) is 15.9 Å². The minimum atomic E-state index is -0.480. The summed E-state index contributed by atoms with van der Waals surface area (Å²) in [7, 11) is 1.29. The second kappa shape index (κ2) is 8.14. The highest BCUT2D eigenvalue weighted by Gasteiger charge is 2.12. The lowest BCUT2D eigenvalue weighted by molar-refractivity contribution is -0.118. The van der Waals surface area contributed by atoms with E-state index in [1.54, 1.807) is 25.1 Å². The number of carbonyl (C=O) groups is 2. The van der Waals surface area contributed by atoms with E-state index in [4.69, 9.17) is 20.8 Å². The first kappa shape index (κ1) is 19.4. The van der Waals surface area contributed by atoms with E-state index in [2.05, 4.69) is 10.1 Å². The summed E-state index contributed by atoms with van der Waals surface area (Å²) in [5, 5.41) is 3.62. The van der Waals surface area contributed by atoms with Crippen molar-refractivity contribution in [3.8, 4) is 5.75 Å². The molecule has 1 N–H and O–H groups in total. The largest absolute Gasteiger partial charge is 0.482 e. The number of nitrogens with one attached hydrogen (secondary N) is 1. The van der Waals surface area contributed by atoms with Gasteiger partial charge in [-0.1, -0.05) is 11.6 Å². The fourth-order valence-corrected chi connectivity index (χ4v) is 2.80. The third-order valence-corrected chi connectivity index (χ3v) is 4.25. The number of esters is 1. The van der Waals surface area contributed by atoms with Gasteiger partial charge in [-0.25, -0.2) is 9.59 Å². The fourth-order valence-electron chi connectivity index (χ4n) is 2.58. The van der Waals surface area contributed by atoms with E-state index in [-0.39, 0.29) is 12.4 Å². The smallest absolute Gasteiger partial charge is 0.337 e. The monoisotopic (exact) mass is 401 g/mol. The molecule has 1 heterocycles. The van der Waals surface area contributed by atoms with E-state index in [0.29, 0.717) is 27.2 Å². The zero-order chi connectivity index (χ0) is 20.3. The van der Waals surface area contributed by atoms with Gasteiger partial charge in [0.05, 0.1) is 17.7 Å². The highest BCUT2D eigenvalue weighted by atomic mass is 35.5. The number of methoxy groups -OCH3 is 1.